The summed E-state index contributed by atoms with van der Waals surface area (Å²) in [6.07, 6.45) is 1.50. The van der Waals surface area contributed by atoms with Crippen molar-refractivity contribution < 1.29 is 9.59 Å². The number of hydrogen-bond acceptors (Lipinski definition) is 4. The minimum Gasteiger partial charge on any atom is -0.350 e. The van der Waals surface area contributed by atoms with Gasteiger partial charge in [0.2, 0.25) is 5.91 Å². The van der Waals surface area contributed by atoms with Gasteiger partial charge in [0.15, 0.2) is 0 Å². The third kappa shape index (κ3) is 7.89. The highest BCUT2D eigenvalue weighted by Gasteiger charge is 2.33. The van der Waals surface area contributed by atoms with E-state index in [9.17, 15) is 9.59 Å². The maximum atomic E-state index is 14.1. The Morgan fingerprint density at radius 1 is 0.884 bits per heavy atom. The van der Waals surface area contributed by atoms with Crippen molar-refractivity contribution in [2.75, 3.05) is 39.3 Å². The number of carbonyl (C=O) groups is 2. The summed E-state index contributed by atoms with van der Waals surface area (Å²) in [6, 6.07) is 34.5. The summed E-state index contributed by atoms with van der Waals surface area (Å²) in [5.41, 5.74) is 3.06. The molecule has 0 radical (unpaired) electrons. The molecule has 4 aromatic rings. The van der Waals surface area contributed by atoms with Gasteiger partial charge < -0.3 is 20.4 Å². The van der Waals surface area contributed by atoms with Crippen LogP contribution in [-0.2, 0) is 4.79 Å². The Balaban J connectivity index is 1.32. The van der Waals surface area contributed by atoms with E-state index in [2.05, 4.69) is 82.8 Å². The molecule has 6 nitrogen and oxygen atoms in total. The second-order valence-electron chi connectivity index (χ2n) is 11.5. The average molecular weight is 577 g/mol. The number of fused-ring (bicyclic) bond motifs is 1. The molecule has 1 heterocycles. The van der Waals surface area contributed by atoms with Crippen molar-refractivity contribution in [1.29, 1.82) is 0 Å². The number of rotatable bonds is 12. The predicted octanol–water partition coefficient (Wildman–Crippen LogP) is 5.69. The fraction of sp³-hybridized carbons (Fsp3) is 0.351. The molecule has 1 aliphatic rings. The third-order valence-corrected chi connectivity index (χ3v) is 8.75. The van der Waals surface area contributed by atoms with Gasteiger partial charge in [0.25, 0.3) is 5.91 Å². The second kappa shape index (κ2) is 14.9. The Kier molecular flexibility index (Phi) is 10.6. The number of benzene rings is 4. The van der Waals surface area contributed by atoms with E-state index < -0.39 is 0 Å². The van der Waals surface area contributed by atoms with E-state index in [-0.39, 0.29) is 29.8 Å². The fourth-order valence-electron chi connectivity index (χ4n) is 6.12. The van der Waals surface area contributed by atoms with Crippen molar-refractivity contribution in [2.45, 2.75) is 44.7 Å². The first-order valence-corrected chi connectivity index (χ1v) is 15.7. The van der Waals surface area contributed by atoms with E-state index in [1.54, 1.807) is 0 Å². The van der Waals surface area contributed by atoms with Gasteiger partial charge in [-0.05, 0) is 60.0 Å². The predicted molar refractivity (Wildman–Crippen MR) is 175 cm³/mol. The van der Waals surface area contributed by atoms with Crippen molar-refractivity contribution in [1.82, 2.24) is 20.4 Å². The minimum absolute atomic E-state index is 0.00744. The van der Waals surface area contributed by atoms with Crippen LogP contribution in [0.1, 0.15) is 54.1 Å². The number of nitrogens with one attached hydrogen (secondary N) is 2. The second-order valence-corrected chi connectivity index (χ2v) is 11.5. The lowest BCUT2D eigenvalue weighted by molar-refractivity contribution is -0.133. The zero-order valence-corrected chi connectivity index (χ0v) is 25.4. The van der Waals surface area contributed by atoms with Crippen LogP contribution >= 0.6 is 0 Å². The number of hydrogen-bond donors (Lipinski definition) is 2. The van der Waals surface area contributed by atoms with Gasteiger partial charge in [-0.3, -0.25) is 9.59 Å². The Morgan fingerprint density at radius 2 is 1.51 bits per heavy atom. The molecule has 6 heteroatoms. The largest absolute Gasteiger partial charge is 0.350 e. The standard InChI is InChI=1S/C37H44N4O2/c1-3-40(4-2)23-22-35-37(43)41(27-34(29-14-7-5-8-15-29)30-16-9-6-10-17-30)24-21-33(39-35)26-38-36(42)32-20-19-28-13-11-12-18-31(28)25-32/h5-20,25,33-35,39H,3-4,21-24,26-27H2,1-2H3,(H,38,42). The Hall–Kier alpha value is -4.00. The van der Waals surface area contributed by atoms with Gasteiger partial charge >= 0.3 is 0 Å². The Bertz CT molecular complexity index is 1430. The normalized spacial score (nSPS) is 17.4. The number of carbonyl (C=O) groups excluding carboxylic acids is 2. The molecule has 2 N–H and O–H groups in total. The van der Waals surface area contributed by atoms with Gasteiger partial charge in [-0.25, -0.2) is 0 Å². The molecule has 1 aliphatic heterocycles. The lowest BCUT2D eigenvalue weighted by Crippen LogP contribution is -2.50. The molecule has 0 bridgehead atoms. The zero-order valence-electron chi connectivity index (χ0n) is 25.4. The molecular formula is C37H44N4O2. The lowest BCUT2D eigenvalue weighted by Gasteiger charge is -2.30. The van der Waals surface area contributed by atoms with E-state index in [1.165, 1.54) is 11.1 Å². The van der Waals surface area contributed by atoms with E-state index in [1.807, 2.05) is 54.6 Å². The van der Waals surface area contributed by atoms with Gasteiger partial charge in [-0.2, -0.15) is 0 Å². The lowest BCUT2D eigenvalue weighted by atomic mass is 9.90. The van der Waals surface area contributed by atoms with Crippen molar-refractivity contribution in [3.63, 3.8) is 0 Å². The quantitative estimate of drug-likeness (QED) is 0.227. The molecule has 2 amide bonds. The SMILES string of the molecule is CCN(CC)CCC1NC(CNC(=O)c2ccc3ccccc3c2)CCN(CC(c2ccccc2)c2ccccc2)C1=O. The summed E-state index contributed by atoms with van der Waals surface area (Å²) in [5.74, 6) is 0.138. The van der Waals surface area contributed by atoms with Gasteiger partial charge in [0.05, 0.1) is 6.04 Å². The number of amides is 2. The Labute approximate surface area is 256 Å². The smallest absolute Gasteiger partial charge is 0.251 e. The topological polar surface area (TPSA) is 64.7 Å². The average Bonchev–Trinajstić information content (AvgIpc) is 3.21. The van der Waals surface area contributed by atoms with Crippen LogP contribution in [0.25, 0.3) is 10.8 Å². The minimum atomic E-state index is -0.308. The summed E-state index contributed by atoms with van der Waals surface area (Å²) in [6.45, 7) is 8.80. The maximum absolute atomic E-state index is 14.1. The van der Waals surface area contributed by atoms with Crippen LogP contribution in [0.3, 0.4) is 0 Å². The van der Waals surface area contributed by atoms with Crippen molar-refractivity contribution in [3.05, 3.63) is 120 Å². The first-order chi connectivity index (χ1) is 21.1. The molecule has 5 rings (SSSR count). The third-order valence-electron chi connectivity index (χ3n) is 8.75. The summed E-state index contributed by atoms with van der Waals surface area (Å²) in [5, 5.41) is 8.97. The first-order valence-electron chi connectivity index (χ1n) is 15.7. The van der Waals surface area contributed by atoms with Crippen LogP contribution in [0.15, 0.2) is 103 Å². The summed E-state index contributed by atoms with van der Waals surface area (Å²) >= 11 is 0. The highest BCUT2D eigenvalue weighted by molar-refractivity contribution is 5.98. The monoisotopic (exact) mass is 576 g/mol. The highest BCUT2D eigenvalue weighted by atomic mass is 16.2. The van der Waals surface area contributed by atoms with Gasteiger partial charge in [-0.15, -0.1) is 0 Å². The van der Waals surface area contributed by atoms with Gasteiger partial charge in [0.1, 0.15) is 0 Å². The highest BCUT2D eigenvalue weighted by Crippen LogP contribution is 2.27. The summed E-state index contributed by atoms with van der Waals surface area (Å²) in [7, 11) is 0. The van der Waals surface area contributed by atoms with Crippen LogP contribution in [0.2, 0.25) is 0 Å². The van der Waals surface area contributed by atoms with Crippen molar-refractivity contribution >= 4 is 22.6 Å². The molecule has 2 atom stereocenters. The van der Waals surface area contributed by atoms with Gasteiger partial charge in [-0.1, -0.05) is 105 Å². The summed E-state index contributed by atoms with van der Waals surface area (Å²) < 4.78 is 0. The molecular weight excluding hydrogens is 532 g/mol. The number of nitrogens with zero attached hydrogens (tertiary/aromatic N) is 2. The molecule has 43 heavy (non-hydrogen) atoms. The molecule has 0 aromatic heterocycles. The molecule has 2 unspecified atom stereocenters. The van der Waals surface area contributed by atoms with Crippen LogP contribution in [0.4, 0.5) is 0 Å². The molecule has 0 aliphatic carbocycles. The molecule has 224 valence electrons. The van der Waals surface area contributed by atoms with Crippen molar-refractivity contribution in [2.24, 2.45) is 0 Å². The van der Waals surface area contributed by atoms with Crippen LogP contribution in [-0.4, -0.2) is 73.0 Å². The van der Waals surface area contributed by atoms with Crippen LogP contribution < -0.4 is 10.6 Å². The molecule has 0 saturated carbocycles. The fourth-order valence-corrected chi connectivity index (χ4v) is 6.12. The Morgan fingerprint density at radius 3 is 2.16 bits per heavy atom. The van der Waals surface area contributed by atoms with Crippen LogP contribution in [0.5, 0.6) is 0 Å². The molecule has 4 aromatic carbocycles. The van der Waals surface area contributed by atoms with Crippen LogP contribution in [0, 0.1) is 0 Å². The van der Waals surface area contributed by atoms with Gasteiger partial charge in [0, 0.05) is 43.7 Å². The molecule has 0 spiro atoms. The zero-order chi connectivity index (χ0) is 30.0. The molecule has 1 saturated heterocycles. The van der Waals surface area contributed by atoms with E-state index >= 15 is 0 Å². The molecule has 1 fully saturated rings. The first kappa shape index (κ1) is 30.5. The summed E-state index contributed by atoms with van der Waals surface area (Å²) in [4.78, 5) is 31.7. The van der Waals surface area contributed by atoms with E-state index in [0.717, 1.165) is 43.2 Å². The van der Waals surface area contributed by atoms with E-state index in [4.69, 9.17) is 0 Å². The van der Waals surface area contributed by atoms with E-state index in [0.29, 0.717) is 25.2 Å². The van der Waals surface area contributed by atoms with Crippen molar-refractivity contribution in [3.8, 4) is 0 Å². The maximum Gasteiger partial charge on any atom is 0.251 e.